The number of hydrogen-bond donors (Lipinski definition) is 1. The number of fused-ring (bicyclic) bond motifs is 1. The molecule has 0 radical (unpaired) electrons. The molecule has 1 N–H and O–H groups in total. The first kappa shape index (κ1) is 18.4. The summed E-state index contributed by atoms with van der Waals surface area (Å²) in [5, 5.41) is 4.46. The molecule has 0 fully saturated rings. The van der Waals surface area contributed by atoms with E-state index < -0.39 is 0 Å². The summed E-state index contributed by atoms with van der Waals surface area (Å²) >= 11 is 12.3. The highest BCUT2D eigenvalue weighted by molar-refractivity contribution is 6.42. The topological polar surface area (TPSA) is 54.9 Å². The maximum atomic E-state index is 12.9. The van der Waals surface area contributed by atoms with Crippen LogP contribution in [0.5, 0.6) is 0 Å². The lowest BCUT2D eigenvalue weighted by atomic mass is 10.1. The van der Waals surface area contributed by atoms with E-state index in [1.54, 1.807) is 12.1 Å². The van der Waals surface area contributed by atoms with E-state index in [4.69, 9.17) is 23.2 Å². The predicted molar refractivity (Wildman–Crippen MR) is 113 cm³/mol. The number of benzene rings is 3. The fourth-order valence-electron chi connectivity index (χ4n) is 2.91. The van der Waals surface area contributed by atoms with Crippen LogP contribution >= 0.6 is 23.2 Å². The Hall–Kier alpha value is -2.95. The van der Waals surface area contributed by atoms with Crippen molar-refractivity contribution in [3.63, 3.8) is 0 Å². The lowest BCUT2D eigenvalue weighted by molar-refractivity contribution is 0.0948. The van der Waals surface area contributed by atoms with Crippen molar-refractivity contribution in [3.05, 3.63) is 94.1 Å². The molecule has 3 aromatic carbocycles. The molecule has 138 valence electrons. The van der Waals surface area contributed by atoms with Crippen molar-refractivity contribution in [2.45, 2.75) is 6.54 Å². The van der Waals surface area contributed by atoms with Crippen LogP contribution in [0.4, 0.5) is 0 Å². The lowest BCUT2D eigenvalue weighted by Crippen LogP contribution is -2.24. The number of rotatable bonds is 4. The van der Waals surface area contributed by atoms with E-state index in [-0.39, 0.29) is 12.5 Å². The second-order valence-corrected chi connectivity index (χ2v) is 6.96. The molecule has 0 saturated carbocycles. The van der Waals surface area contributed by atoms with E-state index in [9.17, 15) is 4.79 Å². The third-order valence-electron chi connectivity index (χ3n) is 4.32. The molecule has 28 heavy (non-hydrogen) atoms. The fraction of sp³-hybridized carbons (Fsp3) is 0.0455. The molecule has 4 nitrogen and oxygen atoms in total. The Bertz CT molecular complexity index is 1160. The first-order chi connectivity index (χ1) is 13.6. The molecule has 1 heterocycles. The summed E-state index contributed by atoms with van der Waals surface area (Å²) in [4.78, 5) is 22.1. The Morgan fingerprint density at radius 2 is 1.61 bits per heavy atom. The minimum atomic E-state index is -0.299. The van der Waals surface area contributed by atoms with Gasteiger partial charge in [0.1, 0.15) is 5.69 Å². The van der Waals surface area contributed by atoms with Crippen molar-refractivity contribution in [3.8, 4) is 11.4 Å². The standard InChI is InChI=1S/C22H15Cl2N3O/c23-17-11-6-9-15(19(17)24)13-25-22(28)20-16-10-4-5-12-18(16)26-21(27-20)14-7-2-1-3-8-14/h1-12H,13H2,(H,25,28). The van der Waals surface area contributed by atoms with Gasteiger partial charge in [-0.3, -0.25) is 4.79 Å². The lowest BCUT2D eigenvalue weighted by Gasteiger charge is -2.11. The minimum absolute atomic E-state index is 0.247. The number of amides is 1. The number of halogens is 2. The van der Waals surface area contributed by atoms with Gasteiger partial charge in [-0.25, -0.2) is 9.97 Å². The molecule has 0 aliphatic carbocycles. The number of nitrogens with one attached hydrogen (secondary N) is 1. The summed E-state index contributed by atoms with van der Waals surface area (Å²) in [6, 6.07) is 22.4. The highest BCUT2D eigenvalue weighted by atomic mass is 35.5. The predicted octanol–water partition coefficient (Wildman–Crippen LogP) is 5.53. The third-order valence-corrected chi connectivity index (χ3v) is 5.18. The molecule has 0 unspecified atom stereocenters. The molecular formula is C22H15Cl2N3O. The van der Waals surface area contributed by atoms with E-state index in [1.807, 2.05) is 60.7 Å². The maximum Gasteiger partial charge on any atom is 0.270 e. The fourth-order valence-corrected chi connectivity index (χ4v) is 3.30. The van der Waals surface area contributed by atoms with Crippen molar-refractivity contribution in [1.29, 1.82) is 0 Å². The Morgan fingerprint density at radius 1 is 0.857 bits per heavy atom. The molecule has 0 aliphatic heterocycles. The molecule has 1 aromatic heterocycles. The van der Waals surface area contributed by atoms with Crippen LogP contribution < -0.4 is 5.32 Å². The normalized spacial score (nSPS) is 10.8. The first-order valence-electron chi connectivity index (χ1n) is 8.67. The summed E-state index contributed by atoms with van der Waals surface area (Å²) < 4.78 is 0. The Kier molecular flexibility index (Phi) is 5.24. The molecule has 1 amide bonds. The van der Waals surface area contributed by atoms with E-state index in [0.717, 1.165) is 11.1 Å². The van der Waals surface area contributed by atoms with E-state index in [1.165, 1.54) is 0 Å². The highest BCUT2D eigenvalue weighted by Crippen LogP contribution is 2.26. The van der Waals surface area contributed by atoms with Gasteiger partial charge in [-0.1, -0.05) is 83.9 Å². The Balaban J connectivity index is 1.70. The maximum absolute atomic E-state index is 12.9. The summed E-state index contributed by atoms with van der Waals surface area (Å²) in [5.41, 5.74) is 2.62. The molecule has 0 saturated heterocycles. The molecule has 0 atom stereocenters. The van der Waals surface area contributed by atoms with Crippen molar-refractivity contribution in [1.82, 2.24) is 15.3 Å². The summed E-state index contributed by atoms with van der Waals surface area (Å²) in [6.07, 6.45) is 0. The van der Waals surface area contributed by atoms with Gasteiger partial charge in [-0.2, -0.15) is 0 Å². The zero-order valence-electron chi connectivity index (χ0n) is 14.7. The van der Waals surface area contributed by atoms with E-state index in [2.05, 4.69) is 15.3 Å². The second kappa shape index (κ2) is 7.97. The van der Waals surface area contributed by atoms with Crippen LogP contribution in [0.3, 0.4) is 0 Å². The SMILES string of the molecule is O=C(NCc1cccc(Cl)c1Cl)c1nc(-c2ccccc2)nc2ccccc12. The number of aromatic nitrogens is 2. The molecule has 4 aromatic rings. The minimum Gasteiger partial charge on any atom is -0.347 e. The largest absolute Gasteiger partial charge is 0.347 e. The first-order valence-corrected chi connectivity index (χ1v) is 9.42. The van der Waals surface area contributed by atoms with Gasteiger partial charge < -0.3 is 5.32 Å². The third kappa shape index (κ3) is 3.70. The van der Waals surface area contributed by atoms with E-state index in [0.29, 0.717) is 32.5 Å². The van der Waals surface area contributed by atoms with Crippen molar-refractivity contribution >= 4 is 40.0 Å². The number of para-hydroxylation sites is 1. The number of hydrogen-bond acceptors (Lipinski definition) is 3. The van der Waals surface area contributed by atoms with Gasteiger partial charge in [0.05, 0.1) is 15.6 Å². The van der Waals surface area contributed by atoms with Gasteiger partial charge in [-0.15, -0.1) is 0 Å². The van der Waals surface area contributed by atoms with Crippen LogP contribution in [0.15, 0.2) is 72.8 Å². The van der Waals surface area contributed by atoms with Crippen LogP contribution in [-0.4, -0.2) is 15.9 Å². The Labute approximate surface area is 172 Å². The Morgan fingerprint density at radius 3 is 2.43 bits per heavy atom. The summed E-state index contributed by atoms with van der Waals surface area (Å²) in [5.74, 6) is 0.206. The highest BCUT2D eigenvalue weighted by Gasteiger charge is 2.16. The number of carbonyl (C=O) groups excluding carboxylic acids is 1. The quantitative estimate of drug-likeness (QED) is 0.483. The zero-order valence-corrected chi connectivity index (χ0v) is 16.2. The molecule has 0 aliphatic rings. The van der Waals surface area contributed by atoms with Crippen LogP contribution in [0, 0.1) is 0 Å². The molecular weight excluding hydrogens is 393 g/mol. The van der Waals surface area contributed by atoms with Gasteiger partial charge in [0.15, 0.2) is 5.82 Å². The number of carbonyl (C=O) groups is 1. The average molecular weight is 408 g/mol. The molecule has 0 spiro atoms. The van der Waals surface area contributed by atoms with Crippen LogP contribution in [0.1, 0.15) is 16.1 Å². The van der Waals surface area contributed by atoms with Gasteiger partial charge >= 0.3 is 0 Å². The van der Waals surface area contributed by atoms with Gasteiger partial charge in [0, 0.05) is 17.5 Å². The van der Waals surface area contributed by atoms with Gasteiger partial charge in [0.25, 0.3) is 5.91 Å². The van der Waals surface area contributed by atoms with Crippen molar-refractivity contribution in [2.75, 3.05) is 0 Å². The zero-order chi connectivity index (χ0) is 19.5. The van der Waals surface area contributed by atoms with E-state index >= 15 is 0 Å². The summed E-state index contributed by atoms with van der Waals surface area (Å²) in [7, 11) is 0. The van der Waals surface area contributed by atoms with Gasteiger partial charge in [0.2, 0.25) is 0 Å². The van der Waals surface area contributed by atoms with Crippen LogP contribution in [-0.2, 0) is 6.54 Å². The van der Waals surface area contributed by atoms with Crippen LogP contribution in [0.2, 0.25) is 10.0 Å². The van der Waals surface area contributed by atoms with Gasteiger partial charge in [-0.05, 0) is 17.7 Å². The van der Waals surface area contributed by atoms with Crippen molar-refractivity contribution < 1.29 is 4.79 Å². The van der Waals surface area contributed by atoms with Crippen molar-refractivity contribution in [2.24, 2.45) is 0 Å². The second-order valence-electron chi connectivity index (χ2n) is 6.17. The van der Waals surface area contributed by atoms with Crippen LogP contribution in [0.25, 0.3) is 22.3 Å². The average Bonchev–Trinajstić information content (AvgIpc) is 2.74. The molecule has 0 bridgehead atoms. The monoisotopic (exact) mass is 407 g/mol. The number of nitrogens with zero attached hydrogens (tertiary/aromatic N) is 2. The molecule has 6 heteroatoms. The summed E-state index contributed by atoms with van der Waals surface area (Å²) in [6.45, 7) is 0.247. The molecule has 4 rings (SSSR count). The smallest absolute Gasteiger partial charge is 0.270 e.